The summed E-state index contributed by atoms with van der Waals surface area (Å²) in [5.74, 6) is -0.342. The number of nitro benzene ring substituents is 1. The molecule has 0 aromatic heterocycles. The average Bonchev–Trinajstić information content (AvgIpc) is 3.53. The summed E-state index contributed by atoms with van der Waals surface area (Å²) >= 11 is 0. The van der Waals surface area contributed by atoms with Crippen molar-refractivity contribution in [2.45, 2.75) is 39.2 Å². The Labute approximate surface area is 175 Å². The number of hydrogen-bond donors (Lipinski definition) is 2. The number of carbonyl (C=O) groups is 2. The van der Waals surface area contributed by atoms with Crippen LogP contribution in [0.5, 0.6) is 0 Å². The molecule has 1 saturated carbocycles. The quantitative estimate of drug-likeness (QED) is 0.485. The van der Waals surface area contributed by atoms with Crippen molar-refractivity contribution in [1.82, 2.24) is 4.90 Å². The number of rotatable bonds is 9. The molecule has 0 saturated heterocycles. The van der Waals surface area contributed by atoms with Crippen LogP contribution in [0, 0.1) is 24.0 Å². The molecular weight excluding hydrogens is 384 g/mol. The van der Waals surface area contributed by atoms with Gasteiger partial charge in [0.05, 0.1) is 11.5 Å². The van der Waals surface area contributed by atoms with Gasteiger partial charge in [0.15, 0.2) is 0 Å². The number of nitro groups is 1. The fourth-order valence-corrected chi connectivity index (χ4v) is 3.24. The number of aryl methyl sites for hydroxylation is 2. The first-order chi connectivity index (χ1) is 14.3. The molecule has 8 heteroatoms. The summed E-state index contributed by atoms with van der Waals surface area (Å²) < 4.78 is 0. The minimum absolute atomic E-state index is 0.0736. The van der Waals surface area contributed by atoms with E-state index in [4.69, 9.17) is 0 Å². The lowest BCUT2D eigenvalue weighted by Crippen LogP contribution is -2.37. The van der Waals surface area contributed by atoms with E-state index in [2.05, 4.69) is 10.6 Å². The van der Waals surface area contributed by atoms with Crippen molar-refractivity contribution in [1.29, 1.82) is 0 Å². The van der Waals surface area contributed by atoms with E-state index in [0.717, 1.165) is 29.7 Å². The van der Waals surface area contributed by atoms with Crippen LogP contribution in [-0.2, 0) is 9.59 Å². The van der Waals surface area contributed by atoms with E-state index in [1.807, 2.05) is 36.9 Å². The van der Waals surface area contributed by atoms with Crippen LogP contribution in [0.3, 0.4) is 0 Å². The number of amides is 2. The molecule has 0 radical (unpaired) electrons. The van der Waals surface area contributed by atoms with Crippen molar-refractivity contribution < 1.29 is 14.5 Å². The largest absolute Gasteiger partial charge is 0.326 e. The number of carbonyl (C=O) groups excluding carboxylic acids is 2. The molecule has 2 N–H and O–H groups in total. The molecule has 8 nitrogen and oxygen atoms in total. The maximum atomic E-state index is 12.5. The van der Waals surface area contributed by atoms with E-state index in [1.165, 1.54) is 18.2 Å². The Bertz CT molecular complexity index is 956. The molecule has 158 valence electrons. The first-order valence-electron chi connectivity index (χ1n) is 9.97. The Morgan fingerprint density at radius 2 is 1.87 bits per heavy atom. The lowest BCUT2D eigenvalue weighted by atomic mass is 10.1. The van der Waals surface area contributed by atoms with E-state index in [1.54, 1.807) is 6.07 Å². The summed E-state index contributed by atoms with van der Waals surface area (Å²) in [6.07, 6.45) is 2.24. The minimum Gasteiger partial charge on any atom is -0.326 e. The fraction of sp³-hybridized carbons (Fsp3) is 0.364. The van der Waals surface area contributed by atoms with Crippen molar-refractivity contribution in [3.8, 4) is 0 Å². The van der Waals surface area contributed by atoms with E-state index in [9.17, 15) is 19.7 Å². The summed E-state index contributed by atoms with van der Waals surface area (Å²) in [6, 6.07) is 12.1. The highest BCUT2D eigenvalue weighted by atomic mass is 16.6. The number of anilines is 2. The third-order valence-corrected chi connectivity index (χ3v) is 5.04. The van der Waals surface area contributed by atoms with Crippen molar-refractivity contribution >= 4 is 28.9 Å². The van der Waals surface area contributed by atoms with Gasteiger partial charge in [-0.1, -0.05) is 18.2 Å². The first kappa shape index (κ1) is 21.4. The van der Waals surface area contributed by atoms with Gasteiger partial charge in [-0.15, -0.1) is 0 Å². The van der Waals surface area contributed by atoms with Crippen molar-refractivity contribution in [2.75, 3.05) is 23.7 Å². The average molecular weight is 410 g/mol. The Morgan fingerprint density at radius 1 is 1.10 bits per heavy atom. The molecule has 1 aliphatic carbocycles. The Balaban J connectivity index is 1.52. The maximum Gasteiger partial charge on any atom is 0.271 e. The van der Waals surface area contributed by atoms with Crippen molar-refractivity contribution in [2.24, 2.45) is 0 Å². The molecule has 2 aromatic rings. The van der Waals surface area contributed by atoms with Gasteiger partial charge in [0.25, 0.3) is 5.69 Å². The number of non-ortho nitro benzene ring substituents is 1. The summed E-state index contributed by atoms with van der Waals surface area (Å²) in [5, 5.41) is 16.5. The summed E-state index contributed by atoms with van der Waals surface area (Å²) in [4.78, 5) is 37.2. The maximum absolute atomic E-state index is 12.5. The Morgan fingerprint density at radius 3 is 2.57 bits per heavy atom. The molecule has 0 aliphatic heterocycles. The molecule has 0 unspecified atom stereocenters. The monoisotopic (exact) mass is 410 g/mol. The van der Waals surface area contributed by atoms with E-state index in [0.29, 0.717) is 18.3 Å². The molecule has 1 fully saturated rings. The third-order valence-electron chi connectivity index (χ3n) is 5.04. The molecule has 2 amide bonds. The van der Waals surface area contributed by atoms with Gasteiger partial charge in [0.2, 0.25) is 11.8 Å². The van der Waals surface area contributed by atoms with Gasteiger partial charge in [-0.3, -0.25) is 24.6 Å². The topological polar surface area (TPSA) is 105 Å². The van der Waals surface area contributed by atoms with Gasteiger partial charge >= 0.3 is 0 Å². The zero-order chi connectivity index (χ0) is 21.7. The second kappa shape index (κ2) is 9.49. The molecular formula is C22H26N4O4. The Kier molecular flexibility index (Phi) is 6.79. The molecule has 1 aliphatic rings. The summed E-state index contributed by atoms with van der Waals surface area (Å²) in [5.41, 5.74) is 3.20. The molecule has 0 bridgehead atoms. The van der Waals surface area contributed by atoms with Crippen LogP contribution in [0.25, 0.3) is 0 Å². The predicted molar refractivity (Wildman–Crippen MR) is 115 cm³/mol. The molecule has 0 heterocycles. The van der Waals surface area contributed by atoms with E-state index >= 15 is 0 Å². The SMILES string of the molecule is Cc1ccc(C)c(NC(=O)CN(CCC(=O)Nc2cccc([N+](=O)[O-])c2)C2CC2)c1. The molecule has 3 rings (SSSR count). The highest BCUT2D eigenvalue weighted by molar-refractivity contribution is 5.93. The highest BCUT2D eigenvalue weighted by Gasteiger charge is 2.30. The second-order valence-electron chi connectivity index (χ2n) is 7.67. The number of benzene rings is 2. The molecule has 2 aromatic carbocycles. The van der Waals surface area contributed by atoms with E-state index in [-0.39, 0.29) is 30.5 Å². The van der Waals surface area contributed by atoms with Crippen LogP contribution in [-0.4, -0.2) is 40.8 Å². The van der Waals surface area contributed by atoms with Gasteiger partial charge in [-0.25, -0.2) is 0 Å². The van der Waals surface area contributed by atoms with Crippen LogP contribution in [0.4, 0.5) is 17.1 Å². The Hall–Kier alpha value is -3.26. The lowest BCUT2D eigenvalue weighted by molar-refractivity contribution is -0.384. The van der Waals surface area contributed by atoms with Crippen LogP contribution in [0.1, 0.15) is 30.4 Å². The van der Waals surface area contributed by atoms with E-state index < -0.39 is 4.92 Å². The smallest absolute Gasteiger partial charge is 0.271 e. The van der Waals surface area contributed by atoms with Crippen molar-refractivity contribution in [3.05, 3.63) is 63.7 Å². The summed E-state index contributed by atoms with van der Waals surface area (Å²) in [6.45, 7) is 4.60. The molecule has 0 atom stereocenters. The third kappa shape index (κ3) is 6.12. The van der Waals surface area contributed by atoms with Crippen LogP contribution in [0.2, 0.25) is 0 Å². The van der Waals surface area contributed by atoms with Gasteiger partial charge in [-0.2, -0.15) is 0 Å². The zero-order valence-electron chi connectivity index (χ0n) is 17.2. The van der Waals surface area contributed by atoms with Gasteiger partial charge in [0, 0.05) is 42.5 Å². The second-order valence-corrected chi connectivity index (χ2v) is 7.67. The molecule has 30 heavy (non-hydrogen) atoms. The van der Waals surface area contributed by atoms with Crippen LogP contribution < -0.4 is 10.6 Å². The number of nitrogens with one attached hydrogen (secondary N) is 2. The standard InChI is InChI=1S/C22H26N4O4/c1-15-6-7-16(2)20(12-15)24-22(28)14-25(18-8-9-18)11-10-21(27)23-17-4-3-5-19(13-17)26(29)30/h3-7,12-13,18H,8-11,14H2,1-2H3,(H,23,27)(H,24,28). The number of nitrogens with zero attached hydrogens (tertiary/aromatic N) is 2. The zero-order valence-corrected chi connectivity index (χ0v) is 17.2. The number of hydrogen-bond acceptors (Lipinski definition) is 5. The van der Waals surface area contributed by atoms with Gasteiger partial charge < -0.3 is 10.6 Å². The van der Waals surface area contributed by atoms with Crippen LogP contribution >= 0.6 is 0 Å². The minimum atomic E-state index is -0.501. The van der Waals surface area contributed by atoms with Crippen molar-refractivity contribution in [3.63, 3.8) is 0 Å². The predicted octanol–water partition coefficient (Wildman–Crippen LogP) is 3.64. The highest BCUT2D eigenvalue weighted by Crippen LogP contribution is 2.27. The van der Waals surface area contributed by atoms with Gasteiger partial charge in [0.1, 0.15) is 0 Å². The molecule has 0 spiro atoms. The summed E-state index contributed by atoms with van der Waals surface area (Å²) in [7, 11) is 0. The normalized spacial score (nSPS) is 13.2. The first-order valence-corrected chi connectivity index (χ1v) is 9.97. The van der Waals surface area contributed by atoms with Crippen LogP contribution in [0.15, 0.2) is 42.5 Å². The van der Waals surface area contributed by atoms with Gasteiger partial charge in [-0.05, 0) is 49.9 Å². The fourth-order valence-electron chi connectivity index (χ4n) is 3.24. The lowest BCUT2D eigenvalue weighted by Gasteiger charge is -2.21.